The van der Waals surface area contributed by atoms with Gasteiger partial charge in [0.15, 0.2) is 0 Å². The number of benzene rings is 2. The van der Waals surface area contributed by atoms with E-state index in [1.807, 2.05) is 30.3 Å². The van der Waals surface area contributed by atoms with Crippen molar-refractivity contribution >= 4 is 6.29 Å². The van der Waals surface area contributed by atoms with Gasteiger partial charge in [-0.1, -0.05) is 12.1 Å². The Morgan fingerprint density at radius 3 is 2.80 bits per heavy atom. The first-order valence-corrected chi connectivity index (χ1v) is 6.02. The fourth-order valence-electron chi connectivity index (χ4n) is 1.76. The maximum absolute atomic E-state index is 10.7. The molecule has 2 aromatic rings. The molecule has 0 heterocycles. The third kappa shape index (κ3) is 3.15. The van der Waals surface area contributed by atoms with Crippen molar-refractivity contribution in [1.82, 2.24) is 0 Å². The van der Waals surface area contributed by atoms with Gasteiger partial charge in [0.1, 0.15) is 30.5 Å². The standard InChI is InChI=1S/C16H13NO3/c1-19-15-4-2-3-13(8-15)11-20-16-6-5-12(10-18)7-14(16)9-17/h2-8,10H,11H2,1H3. The highest BCUT2D eigenvalue weighted by Gasteiger charge is 2.05. The summed E-state index contributed by atoms with van der Waals surface area (Å²) >= 11 is 0. The highest BCUT2D eigenvalue weighted by atomic mass is 16.5. The minimum atomic E-state index is 0.326. The second-order valence-corrected chi connectivity index (χ2v) is 4.13. The highest BCUT2D eigenvalue weighted by molar-refractivity contribution is 5.76. The fourth-order valence-corrected chi connectivity index (χ4v) is 1.76. The normalized spacial score (nSPS) is 9.60. The number of nitriles is 1. The molecule has 0 atom stereocenters. The van der Waals surface area contributed by atoms with Crippen molar-refractivity contribution in [2.24, 2.45) is 0 Å². The summed E-state index contributed by atoms with van der Waals surface area (Å²) in [6.45, 7) is 0.326. The van der Waals surface area contributed by atoms with Crippen LogP contribution in [0.4, 0.5) is 0 Å². The molecule has 0 radical (unpaired) electrons. The Labute approximate surface area is 117 Å². The number of rotatable bonds is 5. The molecule has 0 bridgehead atoms. The van der Waals surface area contributed by atoms with Crippen molar-refractivity contribution in [3.8, 4) is 17.6 Å². The van der Waals surface area contributed by atoms with E-state index in [1.54, 1.807) is 19.2 Å². The summed E-state index contributed by atoms with van der Waals surface area (Å²) in [5.74, 6) is 1.21. The van der Waals surface area contributed by atoms with Gasteiger partial charge >= 0.3 is 0 Å². The third-order valence-corrected chi connectivity index (χ3v) is 2.79. The topological polar surface area (TPSA) is 59.3 Å². The number of aldehydes is 1. The summed E-state index contributed by atoms with van der Waals surface area (Å²) in [4.78, 5) is 10.7. The number of nitrogens with zero attached hydrogens (tertiary/aromatic N) is 1. The zero-order valence-corrected chi connectivity index (χ0v) is 11.0. The second kappa shape index (κ2) is 6.39. The van der Waals surface area contributed by atoms with E-state index in [1.165, 1.54) is 6.07 Å². The van der Waals surface area contributed by atoms with Crippen LogP contribution in [0.1, 0.15) is 21.5 Å². The van der Waals surface area contributed by atoms with Crippen LogP contribution in [0.3, 0.4) is 0 Å². The first-order valence-electron chi connectivity index (χ1n) is 6.02. The van der Waals surface area contributed by atoms with Crippen LogP contribution in [0.15, 0.2) is 42.5 Å². The maximum atomic E-state index is 10.7. The van der Waals surface area contributed by atoms with Gasteiger partial charge in [-0.3, -0.25) is 4.79 Å². The molecular weight excluding hydrogens is 254 g/mol. The Morgan fingerprint density at radius 1 is 1.25 bits per heavy atom. The molecule has 2 aromatic carbocycles. The lowest BCUT2D eigenvalue weighted by Gasteiger charge is -2.09. The van der Waals surface area contributed by atoms with Crippen LogP contribution < -0.4 is 9.47 Å². The third-order valence-electron chi connectivity index (χ3n) is 2.79. The van der Waals surface area contributed by atoms with E-state index in [9.17, 15) is 4.79 Å². The lowest BCUT2D eigenvalue weighted by Crippen LogP contribution is -1.98. The second-order valence-electron chi connectivity index (χ2n) is 4.13. The van der Waals surface area contributed by atoms with Crippen LogP contribution >= 0.6 is 0 Å². The molecule has 0 amide bonds. The SMILES string of the molecule is COc1cccc(COc2ccc(C=O)cc2C#N)c1. The molecule has 4 heteroatoms. The number of hydrogen-bond acceptors (Lipinski definition) is 4. The van der Waals surface area contributed by atoms with Crippen molar-refractivity contribution < 1.29 is 14.3 Å². The van der Waals surface area contributed by atoms with Gasteiger partial charge in [-0.05, 0) is 35.9 Å². The molecule has 0 unspecified atom stereocenters. The van der Waals surface area contributed by atoms with E-state index >= 15 is 0 Å². The number of carbonyl (C=O) groups is 1. The van der Waals surface area contributed by atoms with E-state index in [-0.39, 0.29) is 0 Å². The molecule has 100 valence electrons. The molecule has 0 aromatic heterocycles. The zero-order chi connectivity index (χ0) is 14.4. The summed E-state index contributed by atoms with van der Waals surface area (Å²) < 4.78 is 10.8. The Balaban J connectivity index is 2.14. The van der Waals surface area contributed by atoms with Crippen LogP contribution in [0.25, 0.3) is 0 Å². The van der Waals surface area contributed by atoms with Gasteiger partial charge in [0.2, 0.25) is 0 Å². The lowest BCUT2D eigenvalue weighted by atomic mass is 10.1. The minimum absolute atomic E-state index is 0.326. The van der Waals surface area contributed by atoms with Gasteiger partial charge in [-0.2, -0.15) is 5.26 Å². The average Bonchev–Trinajstić information content (AvgIpc) is 2.52. The van der Waals surface area contributed by atoms with Gasteiger partial charge in [0.05, 0.1) is 12.7 Å². The summed E-state index contributed by atoms with van der Waals surface area (Å²) in [5, 5.41) is 9.05. The molecular formula is C16H13NO3. The van der Waals surface area contributed by atoms with Crippen molar-refractivity contribution in [3.05, 3.63) is 59.2 Å². The van der Waals surface area contributed by atoms with Crippen LogP contribution in [0.2, 0.25) is 0 Å². The van der Waals surface area contributed by atoms with E-state index in [2.05, 4.69) is 0 Å². The molecule has 0 N–H and O–H groups in total. The van der Waals surface area contributed by atoms with Crippen LogP contribution in [0, 0.1) is 11.3 Å². The molecule has 0 aliphatic carbocycles. The van der Waals surface area contributed by atoms with Crippen LogP contribution in [-0.2, 0) is 6.61 Å². The average molecular weight is 267 g/mol. The summed E-state index contributed by atoms with van der Waals surface area (Å²) in [6, 6.07) is 14.3. The lowest BCUT2D eigenvalue weighted by molar-refractivity contribution is 0.112. The van der Waals surface area contributed by atoms with Gasteiger partial charge in [0.25, 0.3) is 0 Å². The number of ether oxygens (including phenoxy) is 2. The first-order chi connectivity index (χ1) is 9.76. The molecule has 0 saturated carbocycles. The molecule has 0 fully saturated rings. The predicted octanol–water partition coefficient (Wildman–Crippen LogP) is 2.96. The van der Waals surface area contributed by atoms with E-state index in [4.69, 9.17) is 14.7 Å². The van der Waals surface area contributed by atoms with Gasteiger partial charge in [-0.15, -0.1) is 0 Å². The largest absolute Gasteiger partial charge is 0.497 e. The van der Waals surface area contributed by atoms with E-state index in [0.29, 0.717) is 29.8 Å². The molecule has 0 saturated heterocycles. The van der Waals surface area contributed by atoms with Gasteiger partial charge in [-0.25, -0.2) is 0 Å². The Hall–Kier alpha value is -2.80. The Bertz CT molecular complexity index is 659. The summed E-state index contributed by atoms with van der Waals surface area (Å²) in [6.07, 6.45) is 0.701. The van der Waals surface area contributed by atoms with Crippen LogP contribution in [0.5, 0.6) is 11.5 Å². The van der Waals surface area contributed by atoms with Gasteiger partial charge < -0.3 is 9.47 Å². The number of hydrogen-bond donors (Lipinski definition) is 0. The fraction of sp³-hybridized carbons (Fsp3) is 0.125. The Morgan fingerprint density at radius 2 is 2.10 bits per heavy atom. The van der Waals surface area contributed by atoms with Crippen molar-refractivity contribution in [3.63, 3.8) is 0 Å². The predicted molar refractivity (Wildman–Crippen MR) is 73.9 cm³/mol. The van der Waals surface area contributed by atoms with Gasteiger partial charge in [0, 0.05) is 5.56 Å². The monoisotopic (exact) mass is 267 g/mol. The van der Waals surface area contributed by atoms with Crippen molar-refractivity contribution in [1.29, 1.82) is 5.26 Å². The quantitative estimate of drug-likeness (QED) is 0.781. The Kier molecular flexibility index (Phi) is 4.35. The number of carbonyl (C=O) groups excluding carboxylic acids is 1. The molecule has 0 aliphatic heterocycles. The molecule has 20 heavy (non-hydrogen) atoms. The zero-order valence-electron chi connectivity index (χ0n) is 11.0. The van der Waals surface area contributed by atoms with E-state index in [0.717, 1.165) is 11.3 Å². The maximum Gasteiger partial charge on any atom is 0.150 e. The van der Waals surface area contributed by atoms with E-state index < -0.39 is 0 Å². The number of methoxy groups -OCH3 is 1. The highest BCUT2D eigenvalue weighted by Crippen LogP contribution is 2.21. The van der Waals surface area contributed by atoms with Crippen LogP contribution in [-0.4, -0.2) is 13.4 Å². The summed E-state index contributed by atoms with van der Waals surface area (Å²) in [5.41, 5.74) is 1.74. The minimum Gasteiger partial charge on any atom is -0.497 e. The molecule has 4 nitrogen and oxygen atoms in total. The first kappa shape index (κ1) is 13.6. The van der Waals surface area contributed by atoms with Crippen molar-refractivity contribution in [2.75, 3.05) is 7.11 Å². The molecule has 0 spiro atoms. The molecule has 2 rings (SSSR count). The summed E-state index contributed by atoms with van der Waals surface area (Å²) in [7, 11) is 1.60. The van der Waals surface area contributed by atoms with Crippen molar-refractivity contribution in [2.45, 2.75) is 6.61 Å². The molecule has 0 aliphatic rings. The smallest absolute Gasteiger partial charge is 0.150 e.